The molecule has 1 heteroatoms. The average Bonchev–Trinajstić information content (AvgIpc) is 2.74. The molecule has 104 valence electrons. The lowest BCUT2D eigenvalue weighted by Gasteiger charge is -2.26. The largest absolute Gasteiger partial charge is 0.310 e. The van der Waals surface area contributed by atoms with E-state index in [9.17, 15) is 0 Å². The molecule has 2 aliphatic rings. The minimum Gasteiger partial charge on any atom is -0.310 e. The first-order chi connectivity index (χ1) is 8.43. The molecule has 1 nitrogen and oxygen atoms in total. The highest BCUT2D eigenvalue weighted by Gasteiger charge is 2.67. The molecule has 0 bridgehead atoms. The van der Waals surface area contributed by atoms with Crippen LogP contribution in [0.5, 0.6) is 0 Å². The third-order valence-corrected chi connectivity index (χ3v) is 5.81. The summed E-state index contributed by atoms with van der Waals surface area (Å²) in [5.41, 5.74) is 2.67. The molecule has 2 rings (SSSR count). The average molecular weight is 249 g/mol. The zero-order valence-electron chi connectivity index (χ0n) is 13.0. The third kappa shape index (κ3) is 2.27. The molecule has 0 aromatic rings. The monoisotopic (exact) mass is 249 g/mol. The van der Waals surface area contributed by atoms with Gasteiger partial charge >= 0.3 is 0 Å². The van der Waals surface area contributed by atoms with E-state index >= 15 is 0 Å². The van der Waals surface area contributed by atoms with Gasteiger partial charge in [-0.25, -0.2) is 0 Å². The van der Waals surface area contributed by atoms with Crippen LogP contribution >= 0.6 is 0 Å². The Bertz CT molecular complexity index is 311. The van der Waals surface area contributed by atoms with Gasteiger partial charge in [-0.15, -0.1) is 0 Å². The lowest BCUT2D eigenvalue weighted by molar-refractivity contribution is 0.423. The van der Waals surface area contributed by atoms with Crippen molar-refractivity contribution < 1.29 is 0 Å². The van der Waals surface area contributed by atoms with Gasteiger partial charge in [0.05, 0.1) is 0 Å². The topological polar surface area (TPSA) is 12.0 Å². The zero-order chi connectivity index (χ0) is 13.4. The Morgan fingerprint density at radius 2 is 1.89 bits per heavy atom. The summed E-state index contributed by atoms with van der Waals surface area (Å²) in [6.07, 6.45) is 9.17. The smallest absolute Gasteiger partial charge is 0.0318 e. The summed E-state index contributed by atoms with van der Waals surface area (Å²) in [6, 6.07) is 0.634. The highest BCUT2D eigenvalue weighted by molar-refractivity contribution is 5.26. The molecule has 0 aromatic heterocycles. The van der Waals surface area contributed by atoms with Gasteiger partial charge in [-0.2, -0.15) is 0 Å². The van der Waals surface area contributed by atoms with Gasteiger partial charge in [0, 0.05) is 6.04 Å². The molecular formula is C17H31N. The van der Waals surface area contributed by atoms with Crippen molar-refractivity contribution in [3.8, 4) is 0 Å². The van der Waals surface area contributed by atoms with Crippen molar-refractivity contribution in [1.29, 1.82) is 0 Å². The van der Waals surface area contributed by atoms with Crippen LogP contribution < -0.4 is 5.32 Å². The Balaban J connectivity index is 2.14. The minimum absolute atomic E-state index is 0.483. The van der Waals surface area contributed by atoms with Crippen molar-refractivity contribution >= 4 is 0 Å². The molecule has 18 heavy (non-hydrogen) atoms. The van der Waals surface area contributed by atoms with Crippen molar-refractivity contribution in [3.05, 3.63) is 11.6 Å². The fourth-order valence-corrected chi connectivity index (χ4v) is 3.99. The lowest BCUT2D eigenvalue weighted by atomic mass is 9.88. The van der Waals surface area contributed by atoms with Gasteiger partial charge in [-0.3, -0.25) is 0 Å². The van der Waals surface area contributed by atoms with E-state index in [1.165, 1.54) is 32.1 Å². The molecule has 0 amide bonds. The van der Waals surface area contributed by atoms with Crippen LogP contribution in [0.1, 0.15) is 66.7 Å². The molecule has 0 aliphatic heterocycles. The molecular weight excluding hydrogens is 218 g/mol. The van der Waals surface area contributed by atoms with Gasteiger partial charge in [-0.05, 0) is 55.4 Å². The molecule has 1 saturated carbocycles. The van der Waals surface area contributed by atoms with Crippen LogP contribution in [0, 0.1) is 16.7 Å². The van der Waals surface area contributed by atoms with Gasteiger partial charge in [-0.1, -0.05) is 46.3 Å². The Morgan fingerprint density at radius 1 is 1.22 bits per heavy atom. The normalized spacial score (nSPS) is 27.7. The van der Waals surface area contributed by atoms with Gasteiger partial charge in [0.25, 0.3) is 0 Å². The second kappa shape index (κ2) is 5.00. The third-order valence-electron chi connectivity index (χ3n) is 5.81. The van der Waals surface area contributed by atoms with Crippen molar-refractivity contribution in [3.63, 3.8) is 0 Å². The van der Waals surface area contributed by atoms with E-state index < -0.39 is 0 Å². The van der Waals surface area contributed by atoms with E-state index in [-0.39, 0.29) is 0 Å². The predicted molar refractivity (Wildman–Crippen MR) is 79.7 cm³/mol. The standard InChI is InChI=1S/C17H31N/c1-6-12-18-14(13-10-8-7-9-11-13)15-16(2,3)17(15,4)5/h10,14-15,18H,6-9,11-12H2,1-5H3. The van der Waals surface area contributed by atoms with E-state index in [0.29, 0.717) is 16.9 Å². The van der Waals surface area contributed by atoms with Crippen LogP contribution in [0.2, 0.25) is 0 Å². The minimum atomic E-state index is 0.483. The quantitative estimate of drug-likeness (QED) is 0.706. The van der Waals surface area contributed by atoms with Crippen molar-refractivity contribution in [2.24, 2.45) is 16.7 Å². The van der Waals surface area contributed by atoms with E-state index in [1.807, 2.05) is 0 Å². The maximum atomic E-state index is 3.84. The van der Waals surface area contributed by atoms with Crippen LogP contribution in [-0.4, -0.2) is 12.6 Å². The van der Waals surface area contributed by atoms with Crippen molar-refractivity contribution in [1.82, 2.24) is 5.32 Å². The molecule has 2 aliphatic carbocycles. The lowest BCUT2D eigenvalue weighted by Crippen LogP contribution is -2.36. The fourth-order valence-electron chi connectivity index (χ4n) is 3.99. The SMILES string of the molecule is CCCNC(C1=CCCCC1)C1C(C)(C)C1(C)C. The zero-order valence-corrected chi connectivity index (χ0v) is 13.0. The Kier molecular flexibility index (Phi) is 3.92. The van der Waals surface area contributed by atoms with Crippen LogP contribution in [-0.2, 0) is 0 Å². The fraction of sp³-hybridized carbons (Fsp3) is 0.882. The maximum Gasteiger partial charge on any atom is 0.0318 e. The molecule has 0 saturated heterocycles. The highest BCUT2D eigenvalue weighted by atomic mass is 15.0. The van der Waals surface area contributed by atoms with Crippen LogP contribution in [0.3, 0.4) is 0 Å². The molecule has 0 aromatic carbocycles. The van der Waals surface area contributed by atoms with Crippen LogP contribution in [0.25, 0.3) is 0 Å². The van der Waals surface area contributed by atoms with Gasteiger partial charge < -0.3 is 5.32 Å². The summed E-state index contributed by atoms with van der Waals surface area (Å²) in [5, 5.41) is 3.84. The summed E-state index contributed by atoms with van der Waals surface area (Å²) >= 11 is 0. The molecule has 0 heterocycles. The van der Waals surface area contributed by atoms with Gasteiger partial charge in [0.1, 0.15) is 0 Å². The second-order valence-electron chi connectivity index (χ2n) is 7.38. The van der Waals surface area contributed by atoms with E-state index in [0.717, 1.165) is 12.5 Å². The number of hydrogen-bond donors (Lipinski definition) is 1. The van der Waals surface area contributed by atoms with E-state index in [2.05, 4.69) is 46.0 Å². The summed E-state index contributed by atoms with van der Waals surface area (Å²) < 4.78 is 0. The number of rotatable bonds is 5. The summed E-state index contributed by atoms with van der Waals surface area (Å²) in [6.45, 7) is 13.2. The molecule has 0 radical (unpaired) electrons. The number of hydrogen-bond acceptors (Lipinski definition) is 1. The van der Waals surface area contributed by atoms with Gasteiger partial charge in [0.15, 0.2) is 0 Å². The Morgan fingerprint density at radius 3 is 2.33 bits per heavy atom. The molecule has 1 unspecified atom stereocenters. The first kappa shape index (κ1) is 14.1. The van der Waals surface area contributed by atoms with Gasteiger partial charge in [0.2, 0.25) is 0 Å². The molecule has 0 spiro atoms. The molecule has 1 N–H and O–H groups in total. The highest BCUT2D eigenvalue weighted by Crippen LogP contribution is 2.70. The Hall–Kier alpha value is -0.300. The predicted octanol–water partition coefficient (Wildman–Crippen LogP) is 4.54. The second-order valence-corrected chi connectivity index (χ2v) is 7.38. The Labute approximate surface area is 113 Å². The maximum absolute atomic E-state index is 3.84. The molecule has 1 atom stereocenters. The summed E-state index contributed by atoms with van der Waals surface area (Å²) in [4.78, 5) is 0. The van der Waals surface area contributed by atoms with Crippen LogP contribution in [0.15, 0.2) is 11.6 Å². The van der Waals surface area contributed by atoms with Crippen LogP contribution in [0.4, 0.5) is 0 Å². The van der Waals surface area contributed by atoms with Crippen molar-refractivity contribution in [2.75, 3.05) is 6.54 Å². The number of allylic oxidation sites excluding steroid dienone is 1. The van der Waals surface area contributed by atoms with E-state index in [1.54, 1.807) is 5.57 Å². The summed E-state index contributed by atoms with van der Waals surface area (Å²) in [5.74, 6) is 0.806. The first-order valence-corrected chi connectivity index (χ1v) is 7.85. The first-order valence-electron chi connectivity index (χ1n) is 7.85. The number of nitrogens with one attached hydrogen (secondary N) is 1. The van der Waals surface area contributed by atoms with Crippen molar-refractivity contribution in [2.45, 2.75) is 72.8 Å². The summed E-state index contributed by atoms with van der Waals surface area (Å²) in [7, 11) is 0. The van der Waals surface area contributed by atoms with E-state index in [4.69, 9.17) is 0 Å². The molecule has 1 fully saturated rings.